The number of nitrogens with two attached hydrogens (primary N) is 1. The van der Waals surface area contributed by atoms with E-state index in [4.69, 9.17) is 5.73 Å². The van der Waals surface area contributed by atoms with Gasteiger partial charge in [0.25, 0.3) is 0 Å². The molecule has 0 aromatic carbocycles. The Hall–Kier alpha value is -0.940. The van der Waals surface area contributed by atoms with Crippen molar-refractivity contribution in [2.45, 2.75) is 39.2 Å². The summed E-state index contributed by atoms with van der Waals surface area (Å²) in [5.41, 5.74) is 6.26. The molecule has 1 heterocycles. The van der Waals surface area contributed by atoms with Gasteiger partial charge in [0.15, 0.2) is 0 Å². The number of amides is 1. The van der Waals surface area contributed by atoms with E-state index in [0.29, 0.717) is 19.5 Å². The largest absolute Gasteiger partial charge is 0.370 e. The minimum atomic E-state index is -0.276. The summed E-state index contributed by atoms with van der Waals surface area (Å²) < 4.78 is 0. The van der Waals surface area contributed by atoms with Crippen molar-refractivity contribution in [3.8, 4) is 0 Å². The maximum atomic E-state index is 10.5. The van der Waals surface area contributed by atoms with E-state index in [-0.39, 0.29) is 11.3 Å². The van der Waals surface area contributed by atoms with Crippen molar-refractivity contribution >= 4 is 17.2 Å². The van der Waals surface area contributed by atoms with Gasteiger partial charge in [0.2, 0.25) is 5.91 Å². The fourth-order valence-electron chi connectivity index (χ4n) is 1.14. The van der Waals surface area contributed by atoms with Crippen molar-refractivity contribution in [3.63, 3.8) is 0 Å². The number of hydrogen-bond donors (Lipinski definition) is 2. The van der Waals surface area contributed by atoms with Crippen LogP contribution in [0.2, 0.25) is 0 Å². The van der Waals surface area contributed by atoms with Crippen LogP contribution in [0.3, 0.4) is 0 Å². The summed E-state index contributed by atoms with van der Waals surface area (Å²) in [5, 5.41) is 6.28. The predicted molar refractivity (Wildman–Crippen MR) is 66.3 cm³/mol. The number of carbonyl (C=O) groups is 1. The van der Waals surface area contributed by atoms with Crippen LogP contribution in [-0.2, 0) is 16.8 Å². The molecule has 0 saturated carbocycles. The van der Waals surface area contributed by atoms with Gasteiger partial charge in [-0.25, -0.2) is 4.98 Å². The first kappa shape index (κ1) is 13.1. The third kappa shape index (κ3) is 4.28. The molecular weight excluding hydrogens is 222 g/mol. The molecule has 1 rings (SSSR count). The second kappa shape index (κ2) is 5.41. The third-order valence-electron chi connectivity index (χ3n) is 2.14. The fraction of sp³-hybridized carbons (Fsp3) is 0.636. The molecule has 1 aromatic rings. The van der Waals surface area contributed by atoms with Crippen LogP contribution in [0, 0.1) is 0 Å². The minimum absolute atomic E-state index is 0.0992. The van der Waals surface area contributed by atoms with Gasteiger partial charge in [-0.2, -0.15) is 0 Å². The summed E-state index contributed by atoms with van der Waals surface area (Å²) in [7, 11) is 0. The van der Waals surface area contributed by atoms with Gasteiger partial charge in [0.05, 0.1) is 5.69 Å². The summed E-state index contributed by atoms with van der Waals surface area (Å²) >= 11 is 1.65. The number of primary amides is 1. The number of hydrogen-bond acceptors (Lipinski definition) is 4. The molecule has 3 N–H and O–H groups in total. The van der Waals surface area contributed by atoms with E-state index in [1.807, 2.05) is 0 Å². The molecule has 0 saturated heterocycles. The first-order valence-corrected chi connectivity index (χ1v) is 6.21. The van der Waals surface area contributed by atoms with Crippen LogP contribution in [0.15, 0.2) is 5.38 Å². The molecule has 0 bridgehead atoms. The lowest BCUT2D eigenvalue weighted by atomic mass is 9.93. The van der Waals surface area contributed by atoms with Crippen molar-refractivity contribution in [2.24, 2.45) is 5.73 Å². The van der Waals surface area contributed by atoms with E-state index in [1.165, 1.54) is 0 Å². The molecule has 5 heteroatoms. The van der Waals surface area contributed by atoms with Gasteiger partial charge in [-0.05, 0) is 0 Å². The Labute approximate surface area is 100 Å². The van der Waals surface area contributed by atoms with E-state index < -0.39 is 0 Å². The molecule has 0 aliphatic heterocycles. The van der Waals surface area contributed by atoms with Gasteiger partial charge in [0, 0.05) is 30.3 Å². The molecule has 0 atom stereocenters. The van der Waals surface area contributed by atoms with Crippen LogP contribution in [0.4, 0.5) is 0 Å². The lowest BCUT2D eigenvalue weighted by Gasteiger charge is -2.14. The van der Waals surface area contributed by atoms with Gasteiger partial charge in [-0.3, -0.25) is 4.79 Å². The molecule has 0 fully saturated rings. The average Bonchev–Trinajstić information content (AvgIpc) is 2.59. The molecule has 4 nitrogen and oxygen atoms in total. The molecule has 1 aromatic heterocycles. The minimum Gasteiger partial charge on any atom is -0.370 e. The number of carbonyl (C=O) groups excluding carboxylic acids is 1. The summed E-state index contributed by atoms with van der Waals surface area (Å²) in [6.07, 6.45) is 0.373. The average molecular weight is 241 g/mol. The van der Waals surface area contributed by atoms with E-state index in [2.05, 4.69) is 36.5 Å². The molecule has 16 heavy (non-hydrogen) atoms. The van der Waals surface area contributed by atoms with Crippen LogP contribution in [0.1, 0.15) is 37.9 Å². The van der Waals surface area contributed by atoms with Gasteiger partial charge in [-0.1, -0.05) is 20.8 Å². The zero-order valence-corrected chi connectivity index (χ0v) is 10.9. The van der Waals surface area contributed by atoms with Crippen LogP contribution < -0.4 is 11.1 Å². The smallest absolute Gasteiger partial charge is 0.218 e. The van der Waals surface area contributed by atoms with Gasteiger partial charge >= 0.3 is 0 Å². The van der Waals surface area contributed by atoms with Gasteiger partial charge < -0.3 is 11.1 Å². The van der Waals surface area contributed by atoms with Crippen molar-refractivity contribution in [1.29, 1.82) is 0 Å². The molecule has 1 amide bonds. The number of thiazole rings is 1. The highest BCUT2D eigenvalue weighted by atomic mass is 32.1. The standard InChI is InChI=1S/C11H19N3OS/c1-11(2,3)8-7-16-10(14-8)6-13-5-4-9(12)15/h7,13H,4-6H2,1-3H3,(H2,12,15). The van der Waals surface area contributed by atoms with Crippen molar-refractivity contribution in [2.75, 3.05) is 6.54 Å². The topological polar surface area (TPSA) is 68.0 Å². The summed E-state index contributed by atoms with van der Waals surface area (Å²) in [6.45, 7) is 7.75. The molecule has 0 radical (unpaired) electrons. The first-order chi connectivity index (χ1) is 7.39. The first-order valence-electron chi connectivity index (χ1n) is 5.33. The summed E-state index contributed by atoms with van der Waals surface area (Å²) in [5.74, 6) is -0.276. The Balaban J connectivity index is 2.38. The zero-order valence-electron chi connectivity index (χ0n) is 10.0. The highest BCUT2D eigenvalue weighted by Gasteiger charge is 2.16. The molecule has 0 unspecified atom stereocenters. The van der Waals surface area contributed by atoms with Gasteiger partial charge in [0.1, 0.15) is 5.01 Å². The number of nitrogens with one attached hydrogen (secondary N) is 1. The SMILES string of the molecule is CC(C)(C)c1csc(CNCCC(N)=O)n1. The fourth-order valence-corrected chi connectivity index (χ4v) is 2.13. The highest BCUT2D eigenvalue weighted by Crippen LogP contribution is 2.23. The van der Waals surface area contributed by atoms with Crippen LogP contribution >= 0.6 is 11.3 Å². The second-order valence-corrected chi connectivity index (χ2v) is 5.71. The lowest BCUT2D eigenvalue weighted by Crippen LogP contribution is -2.21. The van der Waals surface area contributed by atoms with Gasteiger partial charge in [-0.15, -0.1) is 11.3 Å². The zero-order chi connectivity index (χ0) is 12.2. The number of nitrogens with zero attached hydrogens (tertiary/aromatic N) is 1. The molecular formula is C11H19N3OS. The number of aromatic nitrogens is 1. The monoisotopic (exact) mass is 241 g/mol. The van der Waals surface area contributed by atoms with Crippen molar-refractivity contribution in [3.05, 3.63) is 16.1 Å². The quantitative estimate of drug-likeness (QED) is 0.766. The Bertz CT molecular complexity index is 354. The van der Waals surface area contributed by atoms with E-state index >= 15 is 0 Å². The van der Waals surface area contributed by atoms with E-state index in [1.54, 1.807) is 11.3 Å². The van der Waals surface area contributed by atoms with Crippen molar-refractivity contribution in [1.82, 2.24) is 10.3 Å². The summed E-state index contributed by atoms with van der Waals surface area (Å²) in [6, 6.07) is 0. The van der Waals surface area contributed by atoms with Crippen LogP contribution in [0.25, 0.3) is 0 Å². The number of rotatable bonds is 5. The van der Waals surface area contributed by atoms with Crippen LogP contribution in [-0.4, -0.2) is 17.4 Å². The molecule has 90 valence electrons. The molecule has 0 aliphatic carbocycles. The molecule has 0 spiro atoms. The Kier molecular flexibility index (Phi) is 4.44. The van der Waals surface area contributed by atoms with Crippen LogP contribution in [0.5, 0.6) is 0 Å². The Morgan fingerprint density at radius 2 is 2.25 bits per heavy atom. The molecule has 0 aliphatic rings. The lowest BCUT2D eigenvalue weighted by molar-refractivity contribution is -0.117. The highest BCUT2D eigenvalue weighted by molar-refractivity contribution is 7.09. The second-order valence-electron chi connectivity index (χ2n) is 4.77. The van der Waals surface area contributed by atoms with E-state index in [9.17, 15) is 4.79 Å². The Morgan fingerprint density at radius 3 is 2.75 bits per heavy atom. The maximum absolute atomic E-state index is 10.5. The van der Waals surface area contributed by atoms with E-state index in [0.717, 1.165) is 10.7 Å². The Morgan fingerprint density at radius 1 is 1.56 bits per heavy atom. The third-order valence-corrected chi connectivity index (χ3v) is 2.99. The predicted octanol–water partition coefficient (Wildman–Crippen LogP) is 1.41. The maximum Gasteiger partial charge on any atom is 0.218 e. The summed E-state index contributed by atoms with van der Waals surface area (Å²) in [4.78, 5) is 15.1. The normalized spacial score (nSPS) is 11.7. The van der Waals surface area contributed by atoms with Crippen molar-refractivity contribution < 1.29 is 4.79 Å².